The molecule has 0 unspecified atom stereocenters. The van der Waals surface area contributed by atoms with Crippen LogP contribution in [0.3, 0.4) is 0 Å². The van der Waals surface area contributed by atoms with Crippen LogP contribution >= 0.6 is 11.3 Å². The largest absolute Gasteiger partial charge is 0.475 e. The van der Waals surface area contributed by atoms with E-state index >= 15 is 0 Å². The van der Waals surface area contributed by atoms with Gasteiger partial charge < -0.3 is 9.84 Å². The van der Waals surface area contributed by atoms with Gasteiger partial charge in [-0.3, -0.25) is 4.72 Å². The van der Waals surface area contributed by atoms with Crippen molar-refractivity contribution in [3.05, 3.63) is 34.8 Å². The van der Waals surface area contributed by atoms with Crippen LogP contribution in [0.4, 0.5) is 5.69 Å². The lowest BCUT2D eigenvalue weighted by Crippen LogP contribution is -2.12. The van der Waals surface area contributed by atoms with Crippen molar-refractivity contribution in [1.29, 1.82) is 0 Å². The molecule has 0 aliphatic rings. The highest BCUT2D eigenvalue weighted by Crippen LogP contribution is 2.27. The van der Waals surface area contributed by atoms with Crippen LogP contribution < -0.4 is 9.46 Å². The van der Waals surface area contributed by atoms with Crippen molar-refractivity contribution in [1.82, 2.24) is 4.98 Å². The van der Waals surface area contributed by atoms with E-state index in [4.69, 9.17) is 9.84 Å². The zero-order valence-electron chi connectivity index (χ0n) is 11.7. The minimum absolute atomic E-state index is 0.104. The van der Waals surface area contributed by atoms with E-state index in [1.54, 1.807) is 19.1 Å². The second-order valence-electron chi connectivity index (χ2n) is 4.39. The summed E-state index contributed by atoms with van der Waals surface area (Å²) < 4.78 is 32.5. The van der Waals surface area contributed by atoms with Crippen molar-refractivity contribution in [2.45, 2.75) is 18.1 Å². The highest BCUT2D eigenvalue weighted by atomic mass is 32.2. The Bertz CT molecular complexity index is 708. The molecule has 0 bridgehead atoms. The predicted octanol–water partition coefficient (Wildman–Crippen LogP) is 1.93. The molecule has 21 heavy (non-hydrogen) atoms. The smallest absolute Gasteiger partial charge is 0.271 e. The fourth-order valence-electron chi connectivity index (χ4n) is 1.76. The number of sulfonamides is 1. The topological polar surface area (TPSA) is 88.5 Å². The van der Waals surface area contributed by atoms with Gasteiger partial charge in [0.1, 0.15) is 10.8 Å². The molecule has 0 atom stereocenters. The zero-order valence-corrected chi connectivity index (χ0v) is 13.3. The van der Waals surface area contributed by atoms with E-state index in [0.29, 0.717) is 15.8 Å². The standard InChI is InChI=1S/C13H16N2O4S2/c1-9-7-10(2)20-13(9)21(17,18)15-11-3-4-12(14-8-11)19-6-5-16/h3-4,7-8,15-16H,5-6H2,1-2H3. The number of anilines is 1. The Balaban J connectivity index is 2.15. The summed E-state index contributed by atoms with van der Waals surface area (Å²) in [5, 5.41) is 8.65. The maximum Gasteiger partial charge on any atom is 0.271 e. The van der Waals surface area contributed by atoms with Gasteiger partial charge in [-0.2, -0.15) is 0 Å². The van der Waals surface area contributed by atoms with Crippen molar-refractivity contribution in [3.63, 3.8) is 0 Å². The molecule has 0 aliphatic heterocycles. The van der Waals surface area contributed by atoms with Crippen LogP contribution in [0.15, 0.2) is 28.6 Å². The number of aryl methyl sites for hydroxylation is 2. The quantitative estimate of drug-likeness (QED) is 0.846. The Kier molecular flexibility index (Phi) is 4.81. The molecule has 6 nitrogen and oxygen atoms in total. The van der Waals surface area contributed by atoms with E-state index in [1.807, 2.05) is 13.0 Å². The lowest BCUT2D eigenvalue weighted by atomic mass is 10.4. The lowest BCUT2D eigenvalue weighted by molar-refractivity contribution is 0.197. The maximum absolute atomic E-state index is 12.3. The van der Waals surface area contributed by atoms with Crippen LogP contribution in [0.2, 0.25) is 0 Å². The van der Waals surface area contributed by atoms with Crippen LogP contribution in [-0.2, 0) is 10.0 Å². The van der Waals surface area contributed by atoms with Crippen LogP contribution in [0.25, 0.3) is 0 Å². The molecule has 2 aromatic rings. The van der Waals surface area contributed by atoms with Gasteiger partial charge in [-0.15, -0.1) is 11.3 Å². The Hall–Kier alpha value is -1.64. The molecule has 2 rings (SSSR count). The van der Waals surface area contributed by atoms with Gasteiger partial charge in [-0.1, -0.05) is 0 Å². The van der Waals surface area contributed by atoms with E-state index in [9.17, 15) is 8.42 Å². The van der Waals surface area contributed by atoms with Gasteiger partial charge in [0.2, 0.25) is 5.88 Å². The number of ether oxygens (including phenoxy) is 1. The molecule has 0 aliphatic carbocycles. The third-order valence-corrected chi connectivity index (χ3v) is 5.74. The fourth-order valence-corrected chi connectivity index (χ4v) is 4.48. The van der Waals surface area contributed by atoms with E-state index in [1.165, 1.54) is 17.5 Å². The highest BCUT2D eigenvalue weighted by Gasteiger charge is 2.19. The number of pyridine rings is 1. The van der Waals surface area contributed by atoms with Crippen molar-refractivity contribution in [2.24, 2.45) is 0 Å². The average molecular weight is 328 g/mol. The molecule has 0 spiro atoms. The van der Waals surface area contributed by atoms with E-state index in [-0.39, 0.29) is 13.2 Å². The Morgan fingerprint density at radius 3 is 2.67 bits per heavy atom. The summed E-state index contributed by atoms with van der Waals surface area (Å²) in [6.07, 6.45) is 1.38. The molecule has 0 fully saturated rings. The normalized spacial score (nSPS) is 11.4. The van der Waals surface area contributed by atoms with Crippen molar-refractivity contribution in [2.75, 3.05) is 17.9 Å². The van der Waals surface area contributed by atoms with Gasteiger partial charge >= 0.3 is 0 Å². The molecular formula is C13H16N2O4S2. The number of aliphatic hydroxyl groups excluding tert-OH is 1. The number of hydrogen-bond acceptors (Lipinski definition) is 6. The molecule has 0 aromatic carbocycles. The molecule has 0 radical (unpaired) electrons. The van der Waals surface area contributed by atoms with Gasteiger partial charge in [0.15, 0.2) is 0 Å². The van der Waals surface area contributed by atoms with Gasteiger partial charge in [-0.25, -0.2) is 13.4 Å². The monoisotopic (exact) mass is 328 g/mol. The van der Waals surface area contributed by atoms with Gasteiger partial charge in [0, 0.05) is 10.9 Å². The number of thiophene rings is 1. The Labute approximate surface area is 127 Å². The average Bonchev–Trinajstić information content (AvgIpc) is 2.77. The highest BCUT2D eigenvalue weighted by molar-refractivity contribution is 7.94. The molecular weight excluding hydrogens is 312 g/mol. The molecule has 2 N–H and O–H groups in total. The van der Waals surface area contributed by atoms with E-state index in [0.717, 1.165) is 10.4 Å². The summed E-state index contributed by atoms with van der Waals surface area (Å²) in [6, 6.07) is 4.94. The van der Waals surface area contributed by atoms with Gasteiger partial charge in [0.05, 0.1) is 18.5 Å². The first-order valence-corrected chi connectivity index (χ1v) is 8.52. The first kappa shape index (κ1) is 15.7. The fraction of sp³-hybridized carbons (Fsp3) is 0.308. The SMILES string of the molecule is Cc1cc(C)c(S(=O)(=O)Nc2ccc(OCCO)nc2)s1. The Morgan fingerprint density at radius 1 is 1.38 bits per heavy atom. The predicted molar refractivity (Wildman–Crippen MR) is 81.4 cm³/mol. The van der Waals surface area contributed by atoms with Crippen LogP contribution in [-0.4, -0.2) is 31.7 Å². The van der Waals surface area contributed by atoms with Gasteiger partial charge in [0.25, 0.3) is 10.0 Å². The summed E-state index contributed by atoms with van der Waals surface area (Å²) in [4.78, 5) is 4.91. The maximum atomic E-state index is 12.3. The number of rotatable bonds is 6. The molecule has 0 saturated heterocycles. The second kappa shape index (κ2) is 6.42. The molecule has 2 heterocycles. The Morgan fingerprint density at radius 2 is 2.14 bits per heavy atom. The molecule has 0 saturated carbocycles. The number of nitrogens with one attached hydrogen (secondary N) is 1. The zero-order chi connectivity index (χ0) is 15.5. The summed E-state index contributed by atoms with van der Waals surface area (Å²) in [7, 11) is -3.61. The molecule has 8 heteroatoms. The van der Waals surface area contributed by atoms with E-state index in [2.05, 4.69) is 9.71 Å². The van der Waals surface area contributed by atoms with Crippen LogP contribution in [0.1, 0.15) is 10.4 Å². The third-order valence-electron chi connectivity index (χ3n) is 2.57. The van der Waals surface area contributed by atoms with Gasteiger partial charge in [-0.05, 0) is 31.5 Å². The van der Waals surface area contributed by atoms with E-state index < -0.39 is 10.0 Å². The molecule has 114 valence electrons. The van der Waals surface area contributed by atoms with Crippen LogP contribution in [0.5, 0.6) is 5.88 Å². The van der Waals surface area contributed by atoms with Crippen LogP contribution in [0, 0.1) is 13.8 Å². The first-order valence-electron chi connectivity index (χ1n) is 6.22. The lowest BCUT2D eigenvalue weighted by Gasteiger charge is -2.08. The van der Waals surface area contributed by atoms with Crippen molar-refractivity contribution in [3.8, 4) is 5.88 Å². The van der Waals surface area contributed by atoms with Crippen molar-refractivity contribution < 1.29 is 18.3 Å². The number of nitrogens with zero attached hydrogens (tertiary/aromatic N) is 1. The minimum Gasteiger partial charge on any atom is -0.475 e. The molecule has 0 amide bonds. The van der Waals surface area contributed by atoms with Crippen molar-refractivity contribution >= 4 is 27.0 Å². The first-order chi connectivity index (χ1) is 9.92. The summed E-state index contributed by atoms with van der Waals surface area (Å²) >= 11 is 1.23. The molecule has 2 aromatic heterocycles. The number of hydrogen-bond donors (Lipinski definition) is 2. The third kappa shape index (κ3) is 3.93. The number of aliphatic hydroxyl groups is 1. The summed E-state index contributed by atoms with van der Waals surface area (Å²) in [5.41, 5.74) is 1.08. The summed E-state index contributed by atoms with van der Waals surface area (Å²) in [6.45, 7) is 3.67. The minimum atomic E-state index is -3.61. The second-order valence-corrected chi connectivity index (χ2v) is 7.52. The number of aromatic nitrogens is 1. The summed E-state index contributed by atoms with van der Waals surface area (Å²) in [5.74, 6) is 0.329.